The lowest BCUT2D eigenvalue weighted by Gasteiger charge is -2.02. The Morgan fingerprint density at radius 1 is 0.913 bits per heavy atom. The molecule has 0 heterocycles. The zero-order chi connectivity index (χ0) is 15.2. The summed E-state index contributed by atoms with van der Waals surface area (Å²) in [7, 11) is 0. The molecule has 0 bridgehead atoms. The molecule has 0 radical (unpaired) electrons. The van der Waals surface area contributed by atoms with E-state index in [0.717, 1.165) is 40.4 Å². The number of nitrogens with one attached hydrogen (secondary N) is 1. The molecule has 0 saturated carbocycles. The minimum absolute atomic E-state index is 0. The molecule has 23 heavy (non-hydrogen) atoms. The van der Waals surface area contributed by atoms with Crippen LogP contribution in [0.5, 0.6) is 0 Å². The van der Waals surface area contributed by atoms with E-state index >= 15 is 0 Å². The highest BCUT2D eigenvalue weighted by atomic mass is 35.5. The monoisotopic (exact) mass is 344 g/mol. The first kappa shape index (κ1) is 17.3. The van der Waals surface area contributed by atoms with Crippen LogP contribution in [0.15, 0.2) is 88.0 Å². The van der Waals surface area contributed by atoms with Gasteiger partial charge in [0.1, 0.15) is 0 Å². The topological polar surface area (TPSA) is 24.4 Å². The third-order valence-corrected chi connectivity index (χ3v) is 4.03. The molecule has 4 heteroatoms. The van der Waals surface area contributed by atoms with Gasteiger partial charge in [-0.2, -0.15) is 0 Å². The number of benzene rings is 2. The van der Waals surface area contributed by atoms with E-state index in [9.17, 15) is 0 Å². The van der Waals surface area contributed by atoms with Crippen LogP contribution in [0.1, 0.15) is 12.8 Å². The maximum Gasteiger partial charge on any atom is 0.0629 e. The highest BCUT2D eigenvalue weighted by molar-refractivity contribution is 6.34. The minimum Gasteiger partial charge on any atom is -0.361 e. The summed E-state index contributed by atoms with van der Waals surface area (Å²) in [6.45, 7) is 0. The van der Waals surface area contributed by atoms with Gasteiger partial charge in [0, 0.05) is 23.1 Å². The standard InChI is InChI=1S/C19H17ClN2.ClH/c20-19-15(13-21-17-7-3-1-4-8-17)11-12-16(19)14-22-18-9-5-2-6-10-18;/h1-10,13-14,21H,11-12H2;1H/b15-13+,22-14?;. The quantitative estimate of drug-likeness (QED) is 0.666. The van der Waals surface area contributed by atoms with Crippen molar-refractivity contribution in [3.8, 4) is 0 Å². The molecular weight excluding hydrogens is 327 g/mol. The van der Waals surface area contributed by atoms with E-state index in [0.29, 0.717) is 0 Å². The Hall–Kier alpha value is -2.03. The van der Waals surface area contributed by atoms with E-state index in [2.05, 4.69) is 10.3 Å². The van der Waals surface area contributed by atoms with Crippen LogP contribution in [0.4, 0.5) is 11.4 Å². The summed E-state index contributed by atoms with van der Waals surface area (Å²) in [5.41, 5.74) is 4.22. The number of hydrogen-bond donors (Lipinski definition) is 1. The van der Waals surface area contributed by atoms with Gasteiger partial charge in [0.15, 0.2) is 0 Å². The van der Waals surface area contributed by atoms with Crippen molar-refractivity contribution in [3.05, 3.63) is 83.0 Å². The minimum atomic E-state index is 0. The maximum atomic E-state index is 6.46. The molecule has 1 aliphatic rings. The maximum absolute atomic E-state index is 6.46. The number of rotatable bonds is 4. The molecule has 2 nitrogen and oxygen atoms in total. The third-order valence-electron chi connectivity index (χ3n) is 3.54. The molecule has 0 fully saturated rings. The van der Waals surface area contributed by atoms with Crippen molar-refractivity contribution >= 4 is 41.6 Å². The van der Waals surface area contributed by atoms with Gasteiger partial charge in [-0.1, -0.05) is 48.0 Å². The molecule has 2 aromatic rings. The summed E-state index contributed by atoms with van der Waals surface area (Å²) < 4.78 is 0. The second-order valence-electron chi connectivity index (χ2n) is 5.11. The number of nitrogens with zero attached hydrogens (tertiary/aromatic N) is 1. The smallest absolute Gasteiger partial charge is 0.0629 e. The first-order valence-electron chi connectivity index (χ1n) is 7.32. The molecule has 1 N–H and O–H groups in total. The van der Waals surface area contributed by atoms with Crippen molar-refractivity contribution in [1.82, 2.24) is 0 Å². The van der Waals surface area contributed by atoms with Crippen LogP contribution < -0.4 is 5.32 Å². The largest absolute Gasteiger partial charge is 0.361 e. The number of anilines is 1. The van der Waals surface area contributed by atoms with Crippen molar-refractivity contribution in [2.45, 2.75) is 12.8 Å². The Kier molecular flexibility index (Phi) is 6.45. The molecule has 0 aliphatic heterocycles. The predicted molar refractivity (Wildman–Crippen MR) is 102 cm³/mol. The van der Waals surface area contributed by atoms with E-state index in [-0.39, 0.29) is 12.4 Å². The fourth-order valence-electron chi connectivity index (χ4n) is 2.32. The lowest BCUT2D eigenvalue weighted by atomic mass is 10.2. The SMILES string of the molecule is Cl.ClC1=C(C=Nc2ccccc2)CC/C1=C\Nc1ccccc1. The molecule has 118 valence electrons. The Morgan fingerprint density at radius 3 is 2.26 bits per heavy atom. The second-order valence-corrected chi connectivity index (χ2v) is 5.49. The van der Waals surface area contributed by atoms with Gasteiger partial charge in [0.2, 0.25) is 0 Å². The van der Waals surface area contributed by atoms with Gasteiger partial charge < -0.3 is 5.32 Å². The second kappa shape index (κ2) is 8.56. The normalized spacial score (nSPS) is 16.0. The van der Waals surface area contributed by atoms with E-state index < -0.39 is 0 Å². The molecule has 0 atom stereocenters. The summed E-state index contributed by atoms with van der Waals surface area (Å²) >= 11 is 6.46. The van der Waals surface area contributed by atoms with Crippen molar-refractivity contribution in [1.29, 1.82) is 0 Å². The molecule has 0 amide bonds. The lowest BCUT2D eigenvalue weighted by Crippen LogP contribution is -1.89. The van der Waals surface area contributed by atoms with Crippen molar-refractivity contribution in [2.24, 2.45) is 4.99 Å². The summed E-state index contributed by atoms with van der Waals surface area (Å²) in [5.74, 6) is 0. The van der Waals surface area contributed by atoms with E-state index in [1.165, 1.54) is 0 Å². The number of allylic oxidation sites excluding steroid dienone is 3. The fourth-order valence-corrected chi connectivity index (χ4v) is 2.62. The van der Waals surface area contributed by atoms with Crippen LogP contribution >= 0.6 is 24.0 Å². The van der Waals surface area contributed by atoms with Crippen molar-refractivity contribution in [2.75, 3.05) is 5.32 Å². The van der Waals surface area contributed by atoms with Gasteiger partial charge in [0.25, 0.3) is 0 Å². The van der Waals surface area contributed by atoms with Crippen molar-refractivity contribution in [3.63, 3.8) is 0 Å². The van der Waals surface area contributed by atoms with E-state index in [4.69, 9.17) is 11.6 Å². The van der Waals surface area contributed by atoms with Crippen LogP contribution in [0.3, 0.4) is 0 Å². The van der Waals surface area contributed by atoms with Gasteiger partial charge in [-0.15, -0.1) is 12.4 Å². The molecule has 0 unspecified atom stereocenters. The molecule has 0 aromatic heterocycles. The molecule has 0 spiro atoms. The number of aliphatic imine (C=N–C) groups is 1. The zero-order valence-electron chi connectivity index (χ0n) is 12.6. The molecule has 1 aliphatic carbocycles. The van der Waals surface area contributed by atoms with Gasteiger partial charge in [-0.3, -0.25) is 4.99 Å². The predicted octanol–water partition coefficient (Wildman–Crippen LogP) is 6.09. The lowest BCUT2D eigenvalue weighted by molar-refractivity contribution is 1.04. The summed E-state index contributed by atoms with van der Waals surface area (Å²) in [5, 5.41) is 4.09. The Labute approximate surface area is 148 Å². The molecule has 2 aromatic carbocycles. The molecule has 0 saturated heterocycles. The highest BCUT2D eigenvalue weighted by Gasteiger charge is 2.16. The first-order chi connectivity index (χ1) is 10.8. The summed E-state index contributed by atoms with van der Waals surface area (Å²) in [6, 6.07) is 20.0. The first-order valence-corrected chi connectivity index (χ1v) is 7.69. The highest BCUT2D eigenvalue weighted by Crippen LogP contribution is 2.33. The number of halogens is 2. The Morgan fingerprint density at radius 2 is 1.57 bits per heavy atom. The van der Waals surface area contributed by atoms with Gasteiger partial charge >= 0.3 is 0 Å². The Bertz CT molecular complexity index is 720. The van der Waals surface area contributed by atoms with E-state index in [1.54, 1.807) is 0 Å². The van der Waals surface area contributed by atoms with Gasteiger partial charge in [-0.05, 0) is 48.3 Å². The van der Waals surface area contributed by atoms with Crippen LogP contribution in [0.25, 0.3) is 0 Å². The van der Waals surface area contributed by atoms with Crippen LogP contribution in [0, 0.1) is 0 Å². The zero-order valence-corrected chi connectivity index (χ0v) is 14.1. The van der Waals surface area contributed by atoms with Crippen LogP contribution in [-0.4, -0.2) is 6.21 Å². The number of hydrogen-bond acceptors (Lipinski definition) is 2. The van der Waals surface area contributed by atoms with Crippen LogP contribution in [0.2, 0.25) is 0 Å². The summed E-state index contributed by atoms with van der Waals surface area (Å²) in [4.78, 5) is 4.48. The Balaban J connectivity index is 0.00000192. The average Bonchev–Trinajstić information content (AvgIpc) is 2.93. The van der Waals surface area contributed by atoms with E-state index in [1.807, 2.05) is 73.1 Å². The van der Waals surface area contributed by atoms with Crippen LogP contribution in [-0.2, 0) is 0 Å². The third kappa shape index (κ3) is 4.72. The van der Waals surface area contributed by atoms with Gasteiger partial charge in [-0.25, -0.2) is 0 Å². The van der Waals surface area contributed by atoms with Crippen molar-refractivity contribution < 1.29 is 0 Å². The summed E-state index contributed by atoms with van der Waals surface area (Å²) in [6.07, 6.45) is 5.73. The average molecular weight is 345 g/mol. The molecular formula is C19H18Cl2N2. The number of para-hydroxylation sites is 2. The fraction of sp³-hybridized carbons (Fsp3) is 0.105. The molecule has 3 rings (SSSR count). The van der Waals surface area contributed by atoms with Gasteiger partial charge in [0.05, 0.1) is 5.69 Å².